The number of nitrogens with two attached hydrogens (primary N) is 1. The van der Waals surface area contributed by atoms with Crippen LogP contribution in [0.2, 0.25) is 0 Å². The molecule has 1 fully saturated rings. The lowest BCUT2D eigenvalue weighted by Crippen LogP contribution is -2.52. The minimum absolute atomic E-state index is 0.151. The first-order valence-electron chi connectivity index (χ1n) is 7.01. The molecular formula is C14H18N6S. The van der Waals surface area contributed by atoms with Crippen molar-refractivity contribution < 1.29 is 0 Å². The minimum Gasteiger partial charge on any atom is -0.392 e. The van der Waals surface area contributed by atoms with E-state index in [1.54, 1.807) is 12.4 Å². The number of aromatic nitrogens is 3. The number of hydrogen-bond donors (Lipinski definition) is 1. The Labute approximate surface area is 129 Å². The van der Waals surface area contributed by atoms with Gasteiger partial charge in [0.25, 0.3) is 0 Å². The summed E-state index contributed by atoms with van der Waals surface area (Å²) in [6.07, 6.45) is 3.35. The third kappa shape index (κ3) is 2.93. The Kier molecular flexibility index (Phi) is 3.94. The zero-order chi connectivity index (χ0) is 14.8. The molecule has 2 aromatic rings. The first-order chi connectivity index (χ1) is 10.1. The van der Waals surface area contributed by atoms with Gasteiger partial charge in [-0.15, -0.1) is 0 Å². The van der Waals surface area contributed by atoms with Crippen LogP contribution in [-0.4, -0.2) is 57.1 Å². The average molecular weight is 302 g/mol. The number of fused-ring (bicyclic) bond motifs is 1. The van der Waals surface area contributed by atoms with Gasteiger partial charge in [0.05, 0.1) is 11.0 Å². The molecule has 1 saturated heterocycles. The number of rotatable bonds is 3. The van der Waals surface area contributed by atoms with Crippen LogP contribution in [0.25, 0.3) is 11.2 Å². The van der Waals surface area contributed by atoms with Crippen molar-refractivity contribution in [2.24, 2.45) is 5.73 Å². The number of pyridine rings is 1. The first kappa shape index (κ1) is 14.1. The van der Waals surface area contributed by atoms with Crippen molar-refractivity contribution in [2.75, 3.05) is 31.1 Å². The fourth-order valence-corrected chi connectivity index (χ4v) is 2.69. The number of anilines is 1. The number of thiocarbonyl (C=S) groups is 1. The standard InChI is InChI=1S/C14H18N6S/c1-10(13(15)21)19-6-8-20(9-7-19)12-3-2-11-14(18-12)17-5-4-16-11/h2-5,10H,6-9H2,1H3,(H2,15,21). The molecule has 3 rings (SSSR count). The van der Waals surface area contributed by atoms with Crippen LogP contribution in [0.4, 0.5) is 5.82 Å². The molecule has 1 aliphatic heterocycles. The van der Waals surface area contributed by atoms with Crippen LogP contribution < -0.4 is 10.6 Å². The fourth-order valence-electron chi connectivity index (χ4n) is 2.54. The number of hydrogen-bond acceptors (Lipinski definition) is 6. The topological polar surface area (TPSA) is 71.2 Å². The smallest absolute Gasteiger partial charge is 0.180 e. The summed E-state index contributed by atoms with van der Waals surface area (Å²) in [6.45, 7) is 5.73. The third-order valence-electron chi connectivity index (χ3n) is 3.91. The Morgan fingerprint density at radius 1 is 1.19 bits per heavy atom. The van der Waals surface area contributed by atoms with Crippen LogP contribution in [0, 0.1) is 0 Å². The quantitative estimate of drug-likeness (QED) is 0.842. The third-order valence-corrected chi connectivity index (χ3v) is 4.26. The molecule has 2 aromatic heterocycles. The van der Waals surface area contributed by atoms with E-state index in [1.165, 1.54) is 0 Å². The minimum atomic E-state index is 0.151. The summed E-state index contributed by atoms with van der Waals surface area (Å²) in [5.74, 6) is 0.950. The molecule has 1 atom stereocenters. The maximum Gasteiger partial charge on any atom is 0.180 e. The zero-order valence-corrected chi connectivity index (χ0v) is 12.8. The van der Waals surface area contributed by atoms with Crippen molar-refractivity contribution >= 4 is 34.2 Å². The number of piperazine rings is 1. The number of nitrogens with zero attached hydrogens (tertiary/aromatic N) is 5. The van der Waals surface area contributed by atoms with Gasteiger partial charge in [-0.2, -0.15) is 0 Å². The van der Waals surface area contributed by atoms with Crippen molar-refractivity contribution in [3.05, 3.63) is 24.5 Å². The predicted octanol–water partition coefficient (Wildman–Crippen LogP) is 0.821. The molecule has 3 heterocycles. The van der Waals surface area contributed by atoms with Crippen molar-refractivity contribution in [1.82, 2.24) is 19.9 Å². The predicted molar refractivity (Wildman–Crippen MR) is 87.4 cm³/mol. The molecule has 0 aromatic carbocycles. The molecule has 0 amide bonds. The van der Waals surface area contributed by atoms with E-state index < -0.39 is 0 Å². The van der Waals surface area contributed by atoms with E-state index in [9.17, 15) is 0 Å². The van der Waals surface area contributed by atoms with Crippen molar-refractivity contribution in [3.63, 3.8) is 0 Å². The van der Waals surface area contributed by atoms with Gasteiger partial charge in [0.15, 0.2) is 5.65 Å². The van der Waals surface area contributed by atoms with Crippen molar-refractivity contribution in [2.45, 2.75) is 13.0 Å². The van der Waals surface area contributed by atoms with Gasteiger partial charge in [-0.3, -0.25) is 9.88 Å². The van der Waals surface area contributed by atoms with Crippen LogP contribution in [0.3, 0.4) is 0 Å². The molecule has 0 aliphatic carbocycles. The SMILES string of the molecule is CC(C(N)=S)N1CCN(c2ccc3nccnc3n2)CC1. The van der Waals surface area contributed by atoms with E-state index in [0.717, 1.165) is 37.5 Å². The summed E-state index contributed by atoms with van der Waals surface area (Å²) < 4.78 is 0. The Bertz CT molecular complexity index is 653. The molecule has 6 nitrogen and oxygen atoms in total. The molecule has 0 spiro atoms. The summed E-state index contributed by atoms with van der Waals surface area (Å²) in [6, 6.07) is 4.12. The lowest BCUT2D eigenvalue weighted by molar-refractivity contribution is 0.239. The second-order valence-electron chi connectivity index (χ2n) is 5.17. The summed E-state index contributed by atoms with van der Waals surface area (Å²) >= 11 is 5.07. The maximum absolute atomic E-state index is 5.72. The highest BCUT2D eigenvalue weighted by atomic mass is 32.1. The van der Waals surface area contributed by atoms with E-state index in [0.29, 0.717) is 10.6 Å². The molecule has 110 valence electrons. The van der Waals surface area contributed by atoms with E-state index in [1.807, 2.05) is 12.1 Å². The highest BCUT2D eigenvalue weighted by molar-refractivity contribution is 7.80. The van der Waals surface area contributed by atoms with Gasteiger partial charge in [-0.1, -0.05) is 12.2 Å². The van der Waals surface area contributed by atoms with Crippen LogP contribution in [0.5, 0.6) is 0 Å². The summed E-state index contributed by atoms with van der Waals surface area (Å²) in [4.78, 5) is 18.2. The summed E-state index contributed by atoms with van der Waals surface area (Å²) in [5.41, 5.74) is 7.23. The second-order valence-corrected chi connectivity index (χ2v) is 5.64. The Balaban J connectivity index is 1.72. The zero-order valence-electron chi connectivity index (χ0n) is 11.9. The van der Waals surface area contributed by atoms with E-state index in [2.05, 4.69) is 31.7 Å². The summed E-state index contributed by atoms with van der Waals surface area (Å²) in [5, 5.41) is 0. The normalized spacial score (nSPS) is 17.9. The second kappa shape index (κ2) is 5.87. The molecule has 2 N–H and O–H groups in total. The largest absolute Gasteiger partial charge is 0.392 e. The van der Waals surface area contributed by atoms with Gasteiger partial charge in [-0.25, -0.2) is 9.97 Å². The highest BCUT2D eigenvalue weighted by Gasteiger charge is 2.23. The van der Waals surface area contributed by atoms with Crippen LogP contribution in [0.1, 0.15) is 6.92 Å². The first-order valence-corrected chi connectivity index (χ1v) is 7.42. The van der Waals surface area contributed by atoms with Gasteiger partial charge >= 0.3 is 0 Å². The van der Waals surface area contributed by atoms with Gasteiger partial charge in [0.1, 0.15) is 11.3 Å². The van der Waals surface area contributed by atoms with Crippen molar-refractivity contribution in [1.29, 1.82) is 0 Å². The van der Waals surface area contributed by atoms with Gasteiger partial charge in [-0.05, 0) is 19.1 Å². The molecule has 1 aliphatic rings. The lowest BCUT2D eigenvalue weighted by Gasteiger charge is -2.38. The molecule has 7 heteroatoms. The molecule has 21 heavy (non-hydrogen) atoms. The van der Waals surface area contributed by atoms with Crippen LogP contribution >= 0.6 is 12.2 Å². The van der Waals surface area contributed by atoms with Crippen molar-refractivity contribution in [3.8, 4) is 0 Å². The van der Waals surface area contributed by atoms with E-state index in [-0.39, 0.29) is 6.04 Å². The lowest BCUT2D eigenvalue weighted by atomic mass is 10.2. The monoisotopic (exact) mass is 302 g/mol. The molecule has 1 unspecified atom stereocenters. The van der Waals surface area contributed by atoms with Gasteiger partial charge < -0.3 is 10.6 Å². The molecule has 0 saturated carbocycles. The molecule has 0 bridgehead atoms. The van der Waals surface area contributed by atoms with Gasteiger partial charge in [0, 0.05) is 38.6 Å². The Morgan fingerprint density at radius 3 is 2.62 bits per heavy atom. The fraction of sp³-hybridized carbons (Fsp3) is 0.429. The Hall–Kier alpha value is -1.86. The summed E-state index contributed by atoms with van der Waals surface area (Å²) in [7, 11) is 0. The Morgan fingerprint density at radius 2 is 1.90 bits per heavy atom. The van der Waals surface area contributed by atoms with Crippen LogP contribution in [-0.2, 0) is 0 Å². The maximum atomic E-state index is 5.72. The average Bonchev–Trinajstić information content (AvgIpc) is 2.54. The molecule has 0 radical (unpaired) electrons. The van der Waals surface area contributed by atoms with Crippen LogP contribution in [0.15, 0.2) is 24.5 Å². The van der Waals surface area contributed by atoms with Gasteiger partial charge in [0.2, 0.25) is 0 Å². The highest BCUT2D eigenvalue weighted by Crippen LogP contribution is 2.17. The van der Waals surface area contributed by atoms with E-state index >= 15 is 0 Å². The van der Waals surface area contributed by atoms with E-state index in [4.69, 9.17) is 18.0 Å². The molecular weight excluding hydrogens is 284 g/mol.